The van der Waals surface area contributed by atoms with Crippen molar-refractivity contribution in [3.05, 3.63) is 12.1 Å². The van der Waals surface area contributed by atoms with Gasteiger partial charge in [0.25, 0.3) is 0 Å². The number of rotatable bonds is 8. The molecular weight excluding hydrogens is 276 g/mol. The van der Waals surface area contributed by atoms with E-state index in [1.54, 1.807) is 12.1 Å². The van der Waals surface area contributed by atoms with Crippen molar-refractivity contribution in [2.45, 2.75) is 19.3 Å². The van der Waals surface area contributed by atoms with Gasteiger partial charge >= 0.3 is 5.97 Å². The molecule has 0 aliphatic heterocycles. The highest BCUT2D eigenvalue weighted by Crippen LogP contribution is 2.49. The molecule has 2 rings (SSSR count). The van der Waals surface area contributed by atoms with E-state index in [0.29, 0.717) is 29.6 Å². The molecule has 1 aliphatic rings. The molecule has 0 amide bonds. The number of benzene rings is 1. The molecule has 0 saturated heterocycles. The van der Waals surface area contributed by atoms with Crippen LogP contribution in [0, 0.1) is 5.41 Å². The summed E-state index contributed by atoms with van der Waals surface area (Å²) in [6.45, 7) is 0.373. The zero-order chi connectivity index (χ0) is 15.5. The Morgan fingerprint density at radius 1 is 1.14 bits per heavy atom. The Morgan fingerprint density at radius 2 is 1.71 bits per heavy atom. The van der Waals surface area contributed by atoms with Crippen LogP contribution >= 0.6 is 0 Å². The molecule has 1 aromatic carbocycles. The smallest absolute Gasteiger partial charge is 0.304 e. The molecule has 1 saturated carbocycles. The van der Waals surface area contributed by atoms with Gasteiger partial charge in [-0.25, -0.2) is 0 Å². The zero-order valence-electron chi connectivity index (χ0n) is 12.5. The van der Waals surface area contributed by atoms with Crippen molar-refractivity contribution in [2.24, 2.45) is 5.41 Å². The van der Waals surface area contributed by atoms with Gasteiger partial charge in [0.2, 0.25) is 5.75 Å². The van der Waals surface area contributed by atoms with Gasteiger partial charge in [-0.15, -0.1) is 0 Å². The molecule has 1 aromatic rings. The molecule has 1 N–H and O–H groups in total. The van der Waals surface area contributed by atoms with Crippen molar-refractivity contribution in [2.75, 3.05) is 27.9 Å². The maximum Gasteiger partial charge on any atom is 0.304 e. The Morgan fingerprint density at radius 3 is 2.10 bits per heavy atom. The molecule has 0 unspecified atom stereocenters. The summed E-state index contributed by atoms with van der Waals surface area (Å²) in [5.41, 5.74) is -0.230. The molecule has 1 fully saturated rings. The second kappa shape index (κ2) is 6.11. The average Bonchev–Trinajstić information content (AvgIpc) is 3.22. The van der Waals surface area contributed by atoms with E-state index in [1.807, 2.05) is 0 Å². The van der Waals surface area contributed by atoms with Gasteiger partial charge in [0.15, 0.2) is 11.5 Å². The van der Waals surface area contributed by atoms with Gasteiger partial charge in [-0.05, 0) is 12.8 Å². The maximum absolute atomic E-state index is 10.8. The van der Waals surface area contributed by atoms with Gasteiger partial charge in [0.05, 0.1) is 34.4 Å². The second-order valence-corrected chi connectivity index (χ2v) is 5.22. The van der Waals surface area contributed by atoms with E-state index >= 15 is 0 Å². The van der Waals surface area contributed by atoms with Crippen molar-refractivity contribution >= 4 is 5.97 Å². The monoisotopic (exact) mass is 296 g/mol. The lowest BCUT2D eigenvalue weighted by Gasteiger charge is -2.17. The SMILES string of the molecule is COc1cc(OCC2(CC(=O)O)CC2)cc(OC)c1OC. The Kier molecular flexibility index (Phi) is 4.45. The normalized spacial score (nSPS) is 15.2. The Hall–Kier alpha value is -2.11. The minimum atomic E-state index is -0.791. The van der Waals surface area contributed by atoms with Gasteiger partial charge in [-0.3, -0.25) is 4.79 Å². The maximum atomic E-state index is 10.8. The van der Waals surface area contributed by atoms with Gasteiger partial charge in [0, 0.05) is 17.5 Å². The van der Waals surface area contributed by atoms with Gasteiger partial charge < -0.3 is 24.1 Å². The molecule has 21 heavy (non-hydrogen) atoms. The molecule has 0 aromatic heterocycles. The van der Waals surface area contributed by atoms with Crippen LogP contribution in [0.4, 0.5) is 0 Å². The number of methoxy groups -OCH3 is 3. The van der Waals surface area contributed by atoms with Crippen molar-refractivity contribution in [3.8, 4) is 23.0 Å². The lowest BCUT2D eigenvalue weighted by atomic mass is 10.0. The van der Waals surface area contributed by atoms with E-state index in [-0.39, 0.29) is 11.8 Å². The summed E-state index contributed by atoms with van der Waals surface area (Å²) in [5.74, 6) is 1.30. The molecule has 6 nitrogen and oxygen atoms in total. The number of carboxylic acids is 1. The number of hydrogen-bond donors (Lipinski definition) is 1. The summed E-state index contributed by atoms with van der Waals surface area (Å²) in [5, 5.41) is 8.91. The number of carboxylic acid groups (broad SMARTS) is 1. The van der Waals surface area contributed by atoms with Crippen LogP contribution in [0.2, 0.25) is 0 Å². The van der Waals surface area contributed by atoms with Crippen molar-refractivity contribution in [1.82, 2.24) is 0 Å². The Bertz CT molecular complexity index is 496. The van der Waals surface area contributed by atoms with Crippen LogP contribution < -0.4 is 18.9 Å². The number of hydrogen-bond acceptors (Lipinski definition) is 5. The van der Waals surface area contributed by atoms with Gasteiger partial charge in [0.1, 0.15) is 5.75 Å². The van der Waals surface area contributed by atoms with Crippen molar-refractivity contribution < 1.29 is 28.8 Å². The van der Waals surface area contributed by atoms with Crippen LogP contribution in [0.15, 0.2) is 12.1 Å². The van der Waals surface area contributed by atoms with E-state index in [4.69, 9.17) is 24.1 Å². The highest BCUT2D eigenvalue weighted by atomic mass is 16.5. The van der Waals surface area contributed by atoms with Crippen molar-refractivity contribution in [3.63, 3.8) is 0 Å². The molecular formula is C15H20O6. The predicted molar refractivity (Wildman–Crippen MR) is 75.5 cm³/mol. The largest absolute Gasteiger partial charge is 0.493 e. The molecule has 0 bridgehead atoms. The fourth-order valence-corrected chi connectivity index (χ4v) is 2.25. The third kappa shape index (κ3) is 3.51. The van der Waals surface area contributed by atoms with Crippen LogP contribution in [-0.2, 0) is 4.79 Å². The van der Waals surface area contributed by atoms with E-state index in [0.717, 1.165) is 12.8 Å². The van der Waals surface area contributed by atoms with Gasteiger partial charge in [-0.2, -0.15) is 0 Å². The van der Waals surface area contributed by atoms with Crippen LogP contribution in [0.3, 0.4) is 0 Å². The average molecular weight is 296 g/mol. The molecule has 0 radical (unpaired) electrons. The predicted octanol–water partition coefficient (Wildman–Crippen LogP) is 2.35. The Balaban J connectivity index is 2.12. The van der Waals surface area contributed by atoms with Crippen LogP contribution in [0.25, 0.3) is 0 Å². The van der Waals surface area contributed by atoms with Gasteiger partial charge in [-0.1, -0.05) is 0 Å². The molecule has 0 heterocycles. The molecule has 1 aliphatic carbocycles. The fraction of sp³-hybridized carbons (Fsp3) is 0.533. The highest BCUT2D eigenvalue weighted by molar-refractivity contribution is 5.68. The quantitative estimate of drug-likeness (QED) is 0.793. The van der Waals surface area contributed by atoms with Crippen LogP contribution in [0.1, 0.15) is 19.3 Å². The number of carbonyl (C=O) groups is 1. The molecule has 0 spiro atoms. The lowest BCUT2D eigenvalue weighted by Crippen LogP contribution is -2.17. The molecule has 116 valence electrons. The topological polar surface area (TPSA) is 74.2 Å². The van der Waals surface area contributed by atoms with Crippen LogP contribution in [-0.4, -0.2) is 39.0 Å². The number of ether oxygens (including phenoxy) is 4. The summed E-state index contributed by atoms with van der Waals surface area (Å²) < 4.78 is 21.5. The number of aliphatic carboxylic acids is 1. The zero-order valence-corrected chi connectivity index (χ0v) is 12.5. The first-order valence-corrected chi connectivity index (χ1v) is 6.68. The summed E-state index contributed by atoms with van der Waals surface area (Å²) in [6.07, 6.45) is 1.89. The summed E-state index contributed by atoms with van der Waals surface area (Å²) >= 11 is 0. The Labute approximate surface area is 123 Å². The van der Waals surface area contributed by atoms with E-state index in [2.05, 4.69) is 0 Å². The second-order valence-electron chi connectivity index (χ2n) is 5.22. The molecule has 6 heteroatoms. The summed E-state index contributed by atoms with van der Waals surface area (Å²) in [4.78, 5) is 10.8. The molecule has 0 atom stereocenters. The first-order valence-electron chi connectivity index (χ1n) is 6.68. The van der Waals surface area contributed by atoms with Crippen molar-refractivity contribution in [1.29, 1.82) is 0 Å². The first kappa shape index (κ1) is 15.3. The van der Waals surface area contributed by atoms with E-state index < -0.39 is 5.97 Å². The highest BCUT2D eigenvalue weighted by Gasteiger charge is 2.45. The third-order valence-corrected chi connectivity index (χ3v) is 3.67. The lowest BCUT2D eigenvalue weighted by molar-refractivity contribution is -0.138. The van der Waals surface area contributed by atoms with E-state index in [1.165, 1.54) is 21.3 Å². The standard InChI is InChI=1S/C15H20O6/c1-18-11-6-10(7-12(19-2)14(11)20-3)21-9-15(4-5-15)8-13(16)17/h6-7H,4-5,8-9H2,1-3H3,(H,16,17). The third-order valence-electron chi connectivity index (χ3n) is 3.67. The summed E-state index contributed by atoms with van der Waals surface area (Å²) in [7, 11) is 4.61. The fourth-order valence-electron chi connectivity index (χ4n) is 2.25. The van der Waals surface area contributed by atoms with E-state index in [9.17, 15) is 4.79 Å². The van der Waals surface area contributed by atoms with Crippen LogP contribution in [0.5, 0.6) is 23.0 Å². The minimum absolute atomic E-state index is 0.136. The first-order chi connectivity index (χ1) is 10.0. The summed E-state index contributed by atoms with van der Waals surface area (Å²) in [6, 6.07) is 3.41. The minimum Gasteiger partial charge on any atom is -0.493 e.